The lowest BCUT2D eigenvalue weighted by Gasteiger charge is -2.08. The van der Waals surface area contributed by atoms with Crippen molar-refractivity contribution in [3.05, 3.63) is 40.0 Å². The molecule has 2 aromatic rings. The van der Waals surface area contributed by atoms with Gasteiger partial charge in [0, 0.05) is 5.02 Å². The lowest BCUT2D eigenvalue weighted by Crippen LogP contribution is -2.02. The van der Waals surface area contributed by atoms with Crippen LogP contribution in [0.5, 0.6) is 0 Å². The summed E-state index contributed by atoms with van der Waals surface area (Å²) in [5, 5.41) is 14.8. The molecule has 0 amide bonds. The van der Waals surface area contributed by atoms with Crippen LogP contribution in [0, 0.1) is 6.92 Å². The molecule has 1 heterocycles. The van der Waals surface area contributed by atoms with E-state index in [2.05, 4.69) is 5.10 Å². The molecule has 0 radical (unpaired) electrons. The van der Waals surface area contributed by atoms with Gasteiger partial charge in [0.05, 0.1) is 22.2 Å². The smallest absolute Gasteiger partial charge is 0.313 e. The minimum Gasteiger partial charge on any atom is -0.481 e. The van der Waals surface area contributed by atoms with Crippen LogP contribution < -0.4 is 0 Å². The molecule has 1 aromatic carbocycles. The second-order valence-electron chi connectivity index (χ2n) is 3.81. The van der Waals surface area contributed by atoms with Crippen molar-refractivity contribution < 1.29 is 9.90 Å². The number of hydrogen-bond donors (Lipinski definition) is 1. The van der Waals surface area contributed by atoms with Gasteiger partial charge in [-0.3, -0.25) is 4.79 Å². The van der Waals surface area contributed by atoms with Crippen molar-refractivity contribution in [2.75, 3.05) is 5.75 Å². The van der Waals surface area contributed by atoms with Gasteiger partial charge in [-0.25, -0.2) is 4.68 Å². The van der Waals surface area contributed by atoms with Crippen molar-refractivity contribution in [3.63, 3.8) is 0 Å². The summed E-state index contributed by atoms with van der Waals surface area (Å²) in [4.78, 5) is 10.6. The van der Waals surface area contributed by atoms with Gasteiger partial charge in [-0.2, -0.15) is 5.10 Å². The number of hydrogen-bond acceptors (Lipinski definition) is 3. The third-order valence-electron chi connectivity index (χ3n) is 2.28. The normalized spacial score (nSPS) is 10.7. The maximum atomic E-state index is 10.6. The van der Waals surface area contributed by atoms with Crippen LogP contribution in [-0.2, 0) is 4.79 Å². The van der Waals surface area contributed by atoms with Gasteiger partial charge in [0.15, 0.2) is 0 Å². The van der Waals surface area contributed by atoms with E-state index in [9.17, 15) is 4.79 Å². The van der Waals surface area contributed by atoms with E-state index in [4.69, 9.17) is 28.3 Å². The Morgan fingerprint density at radius 2 is 2.16 bits per heavy atom. The summed E-state index contributed by atoms with van der Waals surface area (Å²) < 4.78 is 1.63. The average molecular weight is 317 g/mol. The number of thioether (sulfide) groups is 1. The first-order chi connectivity index (χ1) is 8.97. The van der Waals surface area contributed by atoms with Crippen LogP contribution >= 0.6 is 35.0 Å². The second kappa shape index (κ2) is 5.86. The van der Waals surface area contributed by atoms with Gasteiger partial charge in [0.25, 0.3) is 0 Å². The maximum absolute atomic E-state index is 10.6. The van der Waals surface area contributed by atoms with Gasteiger partial charge in [0.2, 0.25) is 0 Å². The Hall–Kier alpha value is -1.17. The van der Waals surface area contributed by atoms with E-state index in [1.54, 1.807) is 22.9 Å². The summed E-state index contributed by atoms with van der Waals surface area (Å²) in [6.45, 7) is 1.84. The van der Waals surface area contributed by atoms with Crippen LogP contribution in [0.2, 0.25) is 10.0 Å². The largest absolute Gasteiger partial charge is 0.481 e. The maximum Gasteiger partial charge on any atom is 0.313 e. The van der Waals surface area contributed by atoms with E-state index in [0.29, 0.717) is 15.7 Å². The quantitative estimate of drug-likeness (QED) is 0.874. The van der Waals surface area contributed by atoms with E-state index in [-0.39, 0.29) is 5.75 Å². The highest BCUT2D eigenvalue weighted by molar-refractivity contribution is 7.99. The fourth-order valence-corrected chi connectivity index (χ4v) is 2.82. The molecule has 0 saturated heterocycles. The predicted molar refractivity (Wildman–Crippen MR) is 76.7 cm³/mol. The molecule has 0 saturated carbocycles. The second-order valence-corrected chi connectivity index (χ2v) is 5.65. The van der Waals surface area contributed by atoms with Crippen LogP contribution in [0.4, 0.5) is 0 Å². The van der Waals surface area contributed by atoms with E-state index in [1.807, 2.05) is 13.0 Å². The van der Waals surface area contributed by atoms with Gasteiger partial charge in [0.1, 0.15) is 5.03 Å². The molecule has 0 bridgehead atoms. The fraction of sp³-hybridized carbons (Fsp3) is 0.167. The Balaban J connectivity index is 2.40. The van der Waals surface area contributed by atoms with Crippen molar-refractivity contribution in [3.8, 4) is 5.69 Å². The topological polar surface area (TPSA) is 55.1 Å². The standard InChI is InChI=1S/C12H10Cl2N2O2S/c1-7-4-11(19-6-12(17)18)16(15-7)10-3-2-8(13)5-9(10)14/h2-5H,6H2,1H3,(H,17,18). The van der Waals surface area contributed by atoms with Crippen LogP contribution in [0.25, 0.3) is 5.69 Å². The number of rotatable bonds is 4. The van der Waals surface area contributed by atoms with Crippen LogP contribution in [0.1, 0.15) is 5.69 Å². The molecule has 19 heavy (non-hydrogen) atoms. The van der Waals surface area contributed by atoms with Gasteiger partial charge >= 0.3 is 5.97 Å². The SMILES string of the molecule is Cc1cc(SCC(=O)O)n(-c2ccc(Cl)cc2Cl)n1. The molecule has 0 spiro atoms. The number of carbonyl (C=O) groups is 1. The summed E-state index contributed by atoms with van der Waals surface area (Å²) in [7, 11) is 0. The number of halogens is 2. The Morgan fingerprint density at radius 3 is 2.79 bits per heavy atom. The zero-order chi connectivity index (χ0) is 14.0. The van der Waals surface area contributed by atoms with E-state index >= 15 is 0 Å². The van der Waals surface area contributed by atoms with Crippen LogP contribution in [0.15, 0.2) is 29.3 Å². The highest BCUT2D eigenvalue weighted by Gasteiger charge is 2.12. The molecule has 2 rings (SSSR count). The summed E-state index contributed by atoms with van der Waals surface area (Å²) in [6, 6.07) is 6.91. The Kier molecular flexibility index (Phi) is 4.39. The molecule has 1 N–H and O–H groups in total. The molecular weight excluding hydrogens is 307 g/mol. The van der Waals surface area contributed by atoms with Crippen molar-refractivity contribution >= 4 is 40.9 Å². The zero-order valence-electron chi connectivity index (χ0n) is 9.93. The Labute approximate surface area is 124 Å². The highest BCUT2D eigenvalue weighted by Crippen LogP contribution is 2.29. The number of carboxylic acids is 1. The molecule has 0 atom stereocenters. The van der Waals surface area contributed by atoms with Crippen molar-refractivity contribution in [1.29, 1.82) is 0 Å². The predicted octanol–water partition coefficient (Wildman–Crippen LogP) is 3.66. The van der Waals surface area contributed by atoms with E-state index < -0.39 is 5.97 Å². The molecule has 0 fully saturated rings. The van der Waals surface area contributed by atoms with Crippen LogP contribution in [-0.4, -0.2) is 26.6 Å². The highest BCUT2D eigenvalue weighted by atomic mass is 35.5. The van der Waals surface area contributed by atoms with E-state index in [0.717, 1.165) is 10.7 Å². The first-order valence-corrected chi connectivity index (χ1v) is 7.08. The number of aromatic nitrogens is 2. The molecule has 0 aliphatic rings. The molecular formula is C12H10Cl2N2O2S. The van der Waals surface area contributed by atoms with Gasteiger partial charge in [-0.05, 0) is 31.2 Å². The van der Waals surface area contributed by atoms with Crippen molar-refractivity contribution in [1.82, 2.24) is 9.78 Å². The third kappa shape index (κ3) is 3.43. The van der Waals surface area contributed by atoms with Crippen molar-refractivity contribution in [2.45, 2.75) is 11.9 Å². The number of nitrogens with zero attached hydrogens (tertiary/aromatic N) is 2. The first-order valence-electron chi connectivity index (χ1n) is 5.34. The van der Waals surface area contributed by atoms with Crippen LogP contribution in [0.3, 0.4) is 0 Å². The van der Waals surface area contributed by atoms with Gasteiger partial charge < -0.3 is 5.11 Å². The molecule has 0 aliphatic heterocycles. The summed E-state index contributed by atoms with van der Waals surface area (Å²) in [5.41, 5.74) is 1.46. The minimum atomic E-state index is -0.877. The third-order valence-corrected chi connectivity index (χ3v) is 3.80. The molecule has 100 valence electrons. The number of aliphatic carboxylic acids is 1. The molecule has 1 aromatic heterocycles. The summed E-state index contributed by atoms with van der Waals surface area (Å²) in [5.74, 6) is -0.909. The molecule has 0 unspecified atom stereocenters. The lowest BCUT2D eigenvalue weighted by molar-refractivity contribution is -0.133. The first kappa shape index (κ1) is 14.2. The van der Waals surface area contributed by atoms with Gasteiger partial charge in [-0.1, -0.05) is 35.0 Å². The fourth-order valence-electron chi connectivity index (χ4n) is 1.54. The molecule has 0 aliphatic carbocycles. The Morgan fingerprint density at radius 1 is 1.42 bits per heavy atom. The number of aryl methyl sites for hydroxylation is 1. The lowest BCUT2D eigenvalue weighted by atomic mass is 10.3. The molecule has 7 heteroatoms. The molecule has 4 nitrogen and oxygen atoms in total. The minimum absolute atomic E-state index is 0.0314. The number of carboxylic acid groups (broad SMARTS) is 1. The van der Waals surface area contributed by atoms with Gasteiger partial charge in [-0.15, -0.1) is 0 Å². The monoisotopic (exact) mass is 316 g/mol. The number of benzene rings is 1. The zero-order valence-corrected chi connectivity index (χ0v) is 12.3. The van der Waals surface area contributed by atoms with E-state index in [1.165, 1.54) is 11.8 Å². The average Bonchev–Trinajstić information content (AvgIpc) is 2.67. The van der Waals surface area contributed by atoms with Crippen molar-refractivity contribution in [2.24, 2.45) is 0 Å². The summed E-state index contributed by atoms with van der Waals surface area (Å²) >= 11 is 13.2. The Bertz CT molecular complexity index is 628. The summed E-state index contributed by atoms with van der Waals surface area (Å²) in [6.07, 6.45) is 0.